The van der Waals surface area contributed by atoms with E-state index in [1.54, 1.807) is 13.0 Å². The number of rotatable bonds is 6. The summed E-state index contributed by atoms with van der Waals surface area (Å²) in [6, 6.07) is 8.53. The fourth-order valence-corrected chi connectivity index (χ4v) is 3.89. The average molecular weight is 495 g/mol. The average Bonchev–Trinajstić information content (AvgIpc) is 2.95. The van der Waals surface area contributed by atoms with E-state index < -0.39 is 29.4 Å². The summed E-state index contributed by atoms with van der Waals surface area (Å²) >= 11 is 3.98. The number of para-hydroxylation sites is 1. The summed E-state index contributed by atoms with van der Waals surface area (Å²) in [5, 5.41) is 11.6. The zero-order valence-electron chi connectivity index (χ0n) is 15.6. The lowest BCUT2D eigenvalue weighted by Crippen LogP contribution is -2.36. The van der Waals surface area contributed by atoms with Crippen molar-refractivity contribution in [2.45, 2.75) is 6.92 Å². The highest BCUT2D eigenvalue weighted by Gasteiger charge is 2.36. The quantitative estimate of drug-likeness (QED) is 0.578. The van der Waals surface area contributed by atoms with Gasteiger partial charge in [0, 0.05) is 4.47 Å². The third-order valence-corrected chi connectivity index (χ3v) is 5.58. The molecule has 7 nitrogen and oxygen atoms in total. The van der Waals surface area contributed by atoms with Crippen molar-refractivity contribution in [3.05, 3.63) is 57.2 Å². The maximum absolute atomic E-state index is 13.7. The lowest BCUT2D eigenvalue weighted by molar-refractivity contribution is -0.127. The second-order valence-electron chi connectivity index (χ2n) is 6.07. The van der Waals surface area contributed by atoms with Crippen LogP contribution < -0.4 is 10.1 Å². The first-order valence-electron chi connectivity index (χ1n) is 8.75. The largest absolute Gasteiger partial charge is 0.504 e. The van der Waals surface area contributed by atoms with E-state index in [0.717, 1.165) is 4.90 Å². The van der Waals surface area contributed by atoms with Crippen molar-refractivity contribution in [3.8, 4) is 11.5 Å². The molecule has 0 saturated carbocycles. The number of phenols is 1. The standard InChI is InChI=1S/C20H16BrFN2O5S/c1-2-29-16-7-11(12(21)9-15(16)25)8-17-19(27)24(20(28)30-17)10-18(26)23-14-6-4-3-5-13(14)22/h3-9,25H,2,10H2,1H3,(H,23,26)/b17-8-. The summed E-state index contributed by atoms with van der Waals surface area (Å²) in [4.78, 5) is 37.9. The van der Waals surface area contributed by atoms with Crippen molar-refractivity contribution >= 4 is 56.5 Å². The van der Waals surface area contributed by atoms with Gasteiger partial charge in [-0.1, -0.05) is 28.1 Å². The molecule has 3 rings (SSSR count). The molecule has 1 aliphatic heterocycles. The van der Waals surface area contributed by atoms with E-state index in [4.69, 9.17) is 4.74 Å². The van der Waals surface area contributed by atoms with Crippen LogP contribution in [0.1, 0.15) is 12.5 Å². The molecule has 0 radical (unpaired) electrons. The topological polar surface area (TPSA) is 95.9 Å². The summed E-state index contributed by atoms with van der Waals surface area (Å²) in [7, 11) is 0. The molecule has 1 saturated heterocycles. The van der Waals surface area contributed by atoms with Crippen LogP contribution in [0.4, 0.5) is 14.9 Å². The maximum Gasteiger partial charge on any atom is 0.294 e. The SMILES string of the molecule is CCOc1cc(/C=C2\SC(=O)N(CC(=O)Nc3ccccc3F)C2=O)c(Br)cc1O. The number of amides is 3. The van der Waals surface area contributed by atoms with Crippen LogP contribution in [0.5, 0.6) is 11.5 Å². The molecule has 3 amide bonds. The van der Waals surface area contributed by atoms with E-state index in [9.17, 15) is 23.9 Å². The summed E-state index contributed by atoms with van der Waals surface area (Å²) < 4.78 is 19.5. The highest BCUT2D eigenvalue weighted by Crippen LogP contribution is 2.37. The minimum absolute atomic E-state index is 0.0403. The van der Waals surface area contributed by atoms with Gasteiger partial charge in [-0.2, -0.15) is 0 Å². The lowest BCUT2D eigenvalue weighted by Gasteiger charge is -2.12. The van der Waals surface area contributed by atoms with E-state index in [0.29, 0.717) is 28.4 Å². The van der Waals surface area contributed by atoms with Gasteiger partial charge in [0.1, 0.15) is 12.4 Å². The number of hydrogen-bond donors (Lipinski definition) is 2. The van der Waals surface area contributed by atoms with Crippen molar-refractivity contribution < 1.29 is 28.6 Å². The predicted molar refractivity (Wildman–Crippen MR) is 115 cm³/mol. The number of carbonyl (C=O) groups is 3. The first-order chi connectivity index (χ1) is 14.3. The predicted octanol–water partition coefficient (Wildman–Crippen LogP) is 4.37. The Morgan fingerprint density at radius 1 is 1.33 bits per heavy atom. The molecule has 0 aliphatic carbocycles. The van der Waals surface area contributed by atoms with E-state index in [-0.39, 0.29) is 22.1 Å². The molecule has 2 aromatic carbocycles. The number of aromatic hydroxyl groups is 1. The van der Waals surface area contributed by atoms with Crippen molar-refractivity contribution in [1.29, 1.82) is 0 Å². The number of phenolic OH excluding ortho intramolecular Hbond substituents is 1. The Morgan fingerprint density at radius 2 is 2.07 bits per heavy atom. The molecule has 30 heavy (non-hydrogen) atoms. The number of benzene rings is 2. The van der Waals surface area contributed by atoms with Gasteiger partial charge in [0.2, 0.25) is 5.91 Å². The number of halogens is 2. The van der Waals surface area contributed by atoms with Crippen LogP contribution in [0.2, 0.25) is 0 Å². The van der Waals surface area contributed by atoms with Crippen LogP contribution >= 0.6 is 27.7 Å². The fourth-order valence-electron chi connectivity index (χ4n) is 2.61. The van der Waals surface area contributed by atoms with Gasteiger partial charge < -0.3 is 15.2 Å². The Morgan fingerprint density at radius 3 is 2.77 bits per heavy atom. The fraction of sp³-hybridized carbons (Fsp3) is 0.150. The molecule has 0 aromatic heterocycles. The van der Waals surface area contributed by atoms with Gasteiger partial charge in [-0.15, -0.1) is 0 Å². The molecule has 1 heterocycles. The van der Waals surface area contributed by atoms with Gasteiger partial charge in [0.05, 0.1) is 17.2 Å². The monoisotopic (exact) mass is 494 g/mol. The molecular weight excluding hydrogens is 479 g/mol. The third kappa shape index (κ3) is 4.82. The van der Waals surface area contributed by atoms with Crippen LogP contribution in [0.15, 0.2) is 45.8 Å². The Bertz CT molecular complexity index is 1060. The number of nitrogens with one attached hydrogen (secondary N) is 1. The van der Waals surface area contributed by atoms with Crippen LogP contribution in [-0.2, 0) is 9.59 Å². The minimum Gasteiger partial charge on any atom is -0.504 e. The molecule has 1 fully saturated rings. The molecule has 0 unspecified atom stereocenters. The van der Waals surface area contributed by atoms with Gasteiger partial charge in [0.15, 0.2) is 11.5 Å². The van der Waals surface area contributed by atoms with E-state index in [1.165, 1.54) is 36.4 Å². The lowest BCUT2D eigenvalue weighted by atomic mass is 10.2. The summed E-state index contributed by atoms with van der Waals surface area (Å²) in [5.74, 6) is -1.81. The number of ether oxygens (including phenoxy) is 1. The molecule has 0 bridgehead atoms. The van der Waals surface area contributed by atoms with Crippen LogP contribution in [0, 0.1) is 5.82 Å². The highest BCUT2D eigenvalue weighted by molar-refractivity contribution is 9.10. The second-order valence-corrected chi connectivity index (χ2v) is 7.92. The number of anilines is 1. The van der Waals surface area contributed by atoms with E-state index in [2.05, 4.69) is 21.2 Å². The van der Waals surface area contributed by atoms with Crippen LogP contribution in [0.3, 0.4) is 0 Å². The molecule has 10 heteroatoms. The maximum atomic E-state index is 13.7. The first-order valence-corrected chi connectivity index (χ1v) is 10.4. The smallest absolute Gasteiger partial charge is 0.294 e. The zero-order valence-corrected chi connectivity index (χ0v) is 18.0. The highest BCUT2D eigenvalue weighted by atomic mass is 79.9. The number of hydrogen-bond acceptors (Lipinski definition) is 6. The molecule has 1 aliphatic rings. The Balaban J connectivity index is 1.77. The van der Waals surface area contributed by atoms with E-state index >= 15 is 0 Å². The van der Waals surface area contributed by atoms with Gasteiger partial charge in [0.25, 0.3) is 11.1 Å². The normalized spacial score (nSPS) is 15.0. The molecule has 0 spiro atoms. The Hall–Kier alpha value is -2.85. The summed E-state index contributed by atoms with van der Waals surface area (Å²) in [6.45, 7) is 1.55. The number of thioether (sulfide) groups is 1. The van der Waals surface area contributed by atoms with Gasteiger partial charge in [-0.25, -0.2) is 4.39 Å². The van der Waals surface area contributed by atoms with Gasteiger partial charge in [-0.3, -0.25) is 19.3 Å². The number of imide groups is 1. The van der Waals surface area contributed by atoms with Crippen LogP contribution in [-0.4, -0.2) is 40.2 Å². The van der Waals surface area contributed by atoms with Crippen molar-refractivity contribution in [3.63, 3.8) is 0 Å². The molecule has 2 N–H and O–H groups in total. The summed E-state index contributed by atoms with van der Waals surface area (Å²) in [6.07, 6.45) is 1.46. The molecule has 2 aromatic rings. The molecule has 0 atom stereocenters. The first kappa shape index (κ1) is 21.8. The molecular formula is C20H16BrFN2O5S. The second kappa shape index (κ2) is 9.31. The van der Waals surface area contributed by atoms with Crippen molar-refractivity contribution in [2.75, 3.05) is 18.5 Å². The molecule has 156 valence electrons. The minimum atomic E-state index is -0.701. The Kier molecular flexibility index (Phi) is 6.78. The van der Waals surface area contributed by atoms with Gasteiger partial charge in [-0.05, 0) is 54.6 Å². The third-order valence-electron chi connectivity index (χ3n) is 3.99. The Labute approximate surface area is 184 Å². The van der Waals surface area contributed by atoms with E-state index in [1.807, 2.05) is 0 Å². The van der Waals surface area contributed by atoms with Gasteiger partial charge >= 0.3 is 0 Å². The van der Waals surface area contributed by atoms with Crippen molar-refractivity contribution in [2.24, 2.45) is 0 Å². The van der Waals surface area contributed by atoms with Crippen LogP contribution in [0.25, 0.3) is 6.08 Å². The number of carbonyl (C=O) groups excluding carboxylic acids is 3. The summed E-state index contributed by atoms with van der Waals surface area (Å²) in [5.41, 5.74) is 0.471. The number of nitrogens with zero attached hydrogens (tertiary/aromatic N) is 1. The zero-order chi connectivity index (χ0) is 21.8. The van der Waals surface area contributed by atoms with Crippen molar-refractivity contribution in [1.82, 2.24) is 4.90 Å².